The van der Waals surface area contributed by atoms with Crippen LogP contribution in [-0.4, -0.2) is 11.5 Å². The molecule has 0 amide bonds. The molecular weight excluding hydrogens is 204 g/mol. The van der Waals surface area contributed by atoms with Crippen LogP contribution in [-0.2, 0) is 10.2 Å². The van der Waals surface area contributed by atoms with E-state index in [1.807, 2.05) is 0 Å². The van der Waals surface area contributed by atoms with Crippen molar-refractivity contribution in [3.8, 4) is 0 Å². The van der Waals surface area contributed by atoms with Crippen molar-refractivity contribution in [2.75, 3.05) is 5.75 Å². The number of rotatable bonds is 3. The van der Waals surface area contributed by atoms with E-state index >= 15 is 0 Å². The average molecular weight is 222 g/mol. The molecule has 0 aliphatic carbocycles. The highest BCUT2D eigenvalue weighted by molar-refractivity contribution is 8.00. The Labute approximate surface area is 96.3 Å². The summed E-state index contributed by atoms with van der Waals surface area (Å²) in [6, 6.07) is 8.47. The Balaban J connectivity index is 2.69. The zero-order chi connectivity index (χ0) is 11.5. The van der Waals surface area contributed by atoms with Gasteiger partial charge in [-0.2, -0.15) is 0 Å². The predicted molar refractivity (Wildman–Crippen MR) is 66.5 cm³/mol. The topological polar surface area (TPSA) is 17.1 Å². The summed E-state index contributed by atoms with van der Waals surface area (Å²) in [5, 5.41) is 0. The minimum atomic E-state index is 0.198. The molecule has 1 aromatic carbocycles. The van der Waals surface area contributed by atoms with E-state index in [1.165, 1.54) is 10.5 Å². The normalized spacial score (nSPS) is 11.5. The first-order valence-corrected chi connectivity index (χ1v) is 6.11. The van der Waals surface area contributed by atoms with Crippen LogP contribution in [0.25, 0.3) is 0 Å². The fraction of sp³-hybridized carbons (Fsp3) is 0.462. The van der Waals surface area contributed by atoms with Crippen molar-refractivity contribution in [2.24, 2.45) is 0 Å². The quantitative estimate of drug-likeness (QED) is 0.726. The van der Waals surface area contributed by atoms with E-state index in [0.29, 0.717) is 5.75 Å². The van der Waals surface area contributed by atoms with E-state index in [1.54, 1.807) is 18.7 Å². The summed E-state index contributed by atoms with van der Waals surface area (Å²) in [5.41, 5.74) is 1.53. The Hall–Kier alpha value is -0.760. The van der Waals surface area contributed by atoms with Gasteiger partial charge in [0.05, 0.1) is 5.75 Å². The molecule has 0 heterocycles. The van der Waals surface area contributed by atoms with Crippen molar-refractivity contribution in [1.82, 2.24) is 0 Å². The van der Waals surface area contributed by atoms with Crippen molar-refractivity contribution in [3.63, 3.8) is 0 Å². The number of Topliss-reactive ketones (excluding diaryl/α,β-unsaturated/α-hetero) is 1. The molecule has 0 N–H and O–H groups in total. The van der Waals surface area contributed by atoms with Gasteiger partial charge in [0.1, 0.15) is 5.78 Å². The molecule has 2 heteroatoms. The molecule has 0 radical (unpaired) electrons. The number of hydrogen-bond donors (Lipinski definition) is 0. The lowest BCUT2D eigenvalue weighted by Gasteiger charge is -2.18. The molecule has 1 rings (SSSR count). The summed E-state index contributed by atoms with van der Waals surface area (Å²) in [4.78, 5) is 12.0. The molecule has 15 heavy (non-hydrogen) atoms. The molecule has 0 aliphatic rings. The van der Waals surface area contributed by atoms with Crippen LogP contribution in [0.4, 0.5) is 0 Å². The van der Waals surface area contributed by atoms with Crippen LogP contribution in [0.2, 0.25) is 0 Å². The van der Waals surface area contributed by atoms with Gasteiger partial charge in [-0.25, -0.2) is 0 Å². The molecule has 0 unspecified atom stereocenters. The maximum absolute atomic E-state index is 10.8. The van der Waals surface area contributed by atoms with E-state index < -0.39 is 0 Å². The molecule has 0 aliphatic heterocycles. The summed E-state index contributed by atoms with van der Waals surface area (Å²) >= 11 is 1.60. The molecule has 82 valence electrons. The molecular formula is C13H18OS. The van der Waals surface area contributed by atoms with Gasteiger partial charge in [-0.1, -0.05) is 32.9 Å². The average Bonchev–Trinajstić information content (AvgIpc) is 2.14. The van der Waals surface area contributed by atoms with Gasteiger partial charge in [0.25, 0.3) is 0 Å². The second-order valence-electron chi connectivity index (χ2n) is 4.77. The second-order valence-corrected chi connectivity index (χ2v) is 5.81. The van der Waals surface area contributed by atoms with Crippen molar-refractivity contribution in [1.29, 1.82) is 0 Å². The van der Waals surface area contributed by atoms with Crippen LogP contribution in [0.5, 0.6) is 0 Å². The molecule has 0 aromatic heterocycles. The molecule has 0 saturated heterocycles. The van der Waals surface area contributed by atoms with Crippen LogP contribution >= 0.6 is 11.8 Å². The first kappa shape index (κ1) is 12.3. The summed E-state index contributed by atoms with van der Waals surface area (Å²) in [7, 11) is 0. The van der Waals surface area contributed by atoms with E-state index in [-0.39, 0.29) is 11.2 Å². The van der Waals surface area contributed by atoms with Gasteiger partial charge in [0.2, 0.25) is 0 Å². The molecule has 1 aromatic rings. The molecule has 0 fully saturated rings. The van der Waals surface area contributed by atoms with Crippen LogP contribution in [0, 0.1) is 0 Å². The van der Waals surface area contributed by atoms with Crippen molar-refractivity contribution >= 4 is 17.5 Å². The third-order valence-electron chi connectivity index (χ3n) is 2.16. The number of carbonyl (C=O) groups is 1. The van der Waals surface area contributed by atoms with Crippen LogP contribution in [0.3, 0.4) is 0 Å². The third-order valence-corrected chi connectivity index (χ3v) is 3.32. The highest BCUT2D eigenvalue weighted by atomic mass is 32.2. The fourth-order valence-corrected chi connectivity index (χ4v) is 1.93. The minimum absolute atomic E-state index is 0.198. The number of thioether (sulfide) groups is 1. The Morgan fingerprint density at radius 3 is 2.13 bits per heavy atom. The summed E-state index contributed by atoms with van der Waals surface area (Å²) < 4.78 is 0. The van der Waals surface area contributed by atoms with Gasteiger partial charge in [-0.05, 0) is 30.0 Å². The Bertz CT molecular complexity index is 333. The minimum Gasteiger partial charge on any atom is -0.299 e. The van der Waals surface area contributed by atoms with Crippen molar-refractivity contribution in [3.05, 3.63) is 29.8 Å². The first-order valence-electron chi connectivity index (χ1n) is 5.12. The van der Waals surface area contributed by atoms with Gasteiger partial charge >= 0.3 is 0 Å². The Morgan fingerprint density at radius 1 is 1.20 bits per heavy atom. The highest BCUT2D eigenvalue weighted by Gasteiger charge is 2.12. The second kappa shape index (κ2) is 4.84. The standard InChI is InChI=1S/C13H18OS/c1-10(14)9-15-12-7-5-11(6-8-12)13(2,3)4/h5-8H,9H2,1-4H3. The maximum Gasteiger partial charge on any atom is 0.140 e. The number of benzene rings is 1. The smallest absolute Gasteiger partial charge is 0.140 e. The van der Waals surface area contributed by atoms with Crippen LogP contribution in [0.1, 0.15) is 33.3 Å². The number of carbonyl (C=O) groups excluding carboxylic acids is 1. The van der Waals surface area contributed by atoms with Crippen LogP contribution in [0.15, 0.2) is 29.2 Å². The Morgan fingerprint density at radius 2 is 1.73 bits per heavy atom. The summed E-state index contributed by atoms with van der Waals surface area (Å²) in [6.45, 7) is 8.22. The lowest BCUT2D eigenvalue weighted by molar-refractivity contribution is -0.114. The van der Waals surface area contributed by atoms with Gasteiger partial charge < -0.3 is 0 Å². The van der Waals surface area contributed by atoms with Crippen molar-refractivity contribution in [2.45, 2.75) is 38.0 Å². The van der Waals surface area contributed by atoms with Gasteiger partial charge in [0, 0.05) is 4.90 Å². The zero-order valence-corrected chi connectivity index (χ0v) is 10.6. The summed E-state index contributed by atoms with van der Waals surface area (Å²) in [5.74, 6) is 0.786. The zero-order valence-electron chi connectivity index (χ0n) is 9.83. The van der Waals surface area contributed by atoms with Gasteiger partial charge in [0.15, 0.2) is 0 Å². The van der Waals surface area contributed by atoms with Crippen LogP contribution < -0.4 is 0 Å². The van der Waals surface area contributed by atoms with E-state index in [4.69, 9.17) is 0 Å². The number of ketones is 1. The van der Waals surface area contributed by atoms with Gasteiger partial charge in [-0.3, -0.25) is 4.79 Å². The lowest BCUT2D eigenvalue weighted by Crippen LogP contribution is -2.10. The number of hydrogen-bond acceptors (Lipinski definition) is 2. The Kier molecular flexibility index (Phi) is 3.97. The van der Waals surface area contributed by atoms with E-state index in [2.05, 4.69) is 45.0 Å². The van der Waals surface area contributed by atoms with E-state index in [9.17, 15) is 4.79 Å². The first-order chi connectivity index (χ1) is 6.89. The molecule has 0 atom stereocenters. The molecule has 1 nitrogen and oxygen atoms in total. The molecule has 0 bridgehead atoms. The summed E-state index contributed by atoms with van der Waals surface area (Å²) in [6.07, 6.45) is 0. The third kappa shape index (κ3) is 4.08. The highest BCUT2D eigenvalue weighted by Crippen LogP contribution is 2.25. The lowest BCUT2D eigenvalue weighted by atomic mass is 9.87. The molecule has 0 saturated carbocycles. The predicted octanol–water partition coefficient (Wildman–Crippen LogP) is 3.67. The monoisotopic (exact) mass is 222 g/mol. The van der Waals surface area contributed by atoms with Gasteiger partial charge in [-0.15, -0.1) is 11.8 Å². The largest absolute Gasteiger partial charge is 0.299 e. The fourth-order valence-electron chi connectivity index (χ4n) is 1.24. The van der Waals surface area contributed by atoms with Crippen molar-refractivity contribution < 1.29 is 4.79 Å². The SMILES string of the molecule is CC(=O)CSc1ccc(C(C)(C)C)cc1. The molecule has 0 spiro atoms. The maximum atomic E-state index is 10.8. The van der Waals surface area contributed by atoms with E-state index in [0.717, 1.165) is 0 Å².